The maximum atomic E-state index is 13.2. The summed E-state index contributed by atoms with van der Waals surface area (Å²) in [5.74, 6) is -0.306. The van der Waals surface area contributed by atoms with Gasteiger partial charge in [0.1, 0.15) is 6.04 Å². The molecule has 0 radical (unpaired) electrons. The summed E-state index contributed by atoms with van der Waals surface area (Å²) in [5, 5.41) is 6.32. The first-order valence-corrected chi connectivity index (χ1v) is 10.7. The summed E-state index contributed by atoms with van der Waals surface area (Å²) in [7, 11) is 0. The fourth-order valence-electron chi connectivity index (χ4n) is 4.00. The second-order valence-corrected chi connectivity index (χ2v) is 8.23. The summed E-state index contributed by atoms with van der Waals surface area (Å²) < 4.78 is 0. The quantitative estimate of drug-likeness (QED) is 0.496. The Hall–Kier alpha value is -3.45. The number of nitrogens with one attached hydrogen (secondary N) is 2. The van der Waals surface area contributed by atoms with Crippen molar-refractivity contribution in [3.8, 4) is 11.1 Å². The molecule has 6 nitrogen and oxygen atoms in total. The molecule has 2 aromatic carbocycles. The van der Waals surface area contributed by atoms with Gasteiger partial charge in [-0.05, 0) is 46.7 Å². The lowest BCUT2D eigenvalue weighted by Gasteiger charge is -2.25. The lowest BCUT2D eigenvalue weighted by Crippen LogP contribution is -2.43. The van der Waals surface area contributed by atoms with E-state index < -0.39 is 6.04 Å². The van der Waals surface area contributed by atoms with Crippen LogP contribution in [0.1, 0.15) is 29.3 Å². The lowest BCUT2D eigenvalue weighted by atomic mass is 9.99. The molecule has 0 unspecified atom stereocenters. The van der Waals surface area contributed by atoms with E-state index in [2.05, 4.69) is 33.5 Å². The Labute approximate surface area is 177 Å². The zero-order valence-electron chi connectivity index (χ0n) is 16.4. The van der Waals surface area contributed by atoms with E-state index in [4.69, 9.17) is 0 Å². The smallest absolute Gasteiger partial charge is 0.255 e. The predicted molar refractivity (Wildman–Crippen MR) is 118 cm³/mol. The minimum Gasteiger partial charge on any atom is -0.361 e. The molecule has 0 fully saturated rings. The van der Waals surface area contributed by atoms with Gasteiger partial charge in [-0.25, -0.2) is 4.98 Å². The molecule has 150 valence electrons. The van der Waals surface area contributed by atoms with E-state index in [9.17, 15) is 9.59 Å². The summed E-state index contributed by atoms with van der Waals surface area (Å²) in [6.45, 7) is 2.35. The Morgan fingerprint density at radius 1 is 1.23 bits per heavy atom. The highest BCUT2D eigenvalue weighted by Gasteiger charge is 2.35. The van der Waals surface area contributed by atoms with Crippen molar-refractivity contribution >= 4 is 39.2 Å². The van der Waals surface area contributed by atoms with E-state index in [0.717, 1.165) is 27.6 Å². The van der Waals surface area contributed by atoms with Gasteiger partial charge in [-0.3, -0.25) is 9.59 Å². The third-order valence-electron chi connectivity index (χ3n) is 5.56. The van der Waals surface area contributed by atoms with Gasteiger partial charge in [0.2, 0.25) is 5.91 Å². The van der Waals surface area contributed by atoms with Crippen LogP contribution in [-0.2, 0) is 11.3 Å². The number of aromatic nitrogens is 2. The summed E-state index contributed by atoms with van der Waals surface area (Å²) in [6.07, 6.45) is 4.09. The molecule has 3 heterocycles. The molecule has 30 heavy (non-hydrogen) atoms. The first-order chi connectivity index (χ1) is 14.6. The Bertz CT molecular complexity index is 1250. The molecule has 0 saturated heterocycles. The van der Waals surface area contributed by atoms with Crippen LogP contribution in [0.5, 0.6) is 0 Å². The normalized spacial score (nSPS) is 14.2. The van der Waals surface area contributed by atoms with Gasteiger partial charge in [0.05, 0.1) is 0 Å². The van der Waals surface area contributed by atoms with E-state index in [1.165, 1.54) is 11.3 Å². The predicted octanol–water partition coefficient (Wildman–Crippen LogP) is 4.66. The number of aromatic amines is 1. The second kappa shape index (κ2) is 7.42. The van der Waals surface area contributed by atoms with Crippen LogP contribution in [0, 0.1) is 0 Å². The lowest BCUT2D eigenvalue weighted by molar-refractivity contribution is -0.120. The van der Waals surface area contributed by atoms with E-state index >= 15 is 0 Å². The third-order valence-corrected chi connectivity index (χ3v) is 6.25. The molecule has 4 aromatic rings. The summed E-state index contributed by atoms with van der Waals surface area (Å²) in [6, 6.07) is 13.7. The molecule has 5 rings (SSSR count). The standard InChI is InChI=1S/C23H20N4O2S/c1-2-20(21(28)26-23-25-9-10-30-23)27-13-17-6-5-15(11-18(17)22(27)29)16-4-3-14-7-8-24-19(14)12-16/h3-12,20,24H,2,13H2,1H3,(H,25,26,28)/t20-/m1/s1. The highest BCUT2D eigenvalue weighted by molar-refractivity contribution is 7.13. The molecule has 1 atom stereocenters. The Balaban J connectivity index is 1.41. The number of carbonyl (C=O) groups excluding carboxylic acids is 2. The van der Waals surface area contributed by atoms with Gasteiger partial charge in [-0.2, -0.15) is 0 Å². The SMILES string of the molecule is CC[C@H](C(=O)Nc1nccs1)N1Cc2ccc(-c3ccc4cc[nH]c4c3)cc2C1=O. The summed E-state index contributed by atoms with van der Waals surface area (Å²) in [4.78, 5) is 34.9. The van der Waals surface area contributed by atoms with Gasteiger partial charge in [-0.1, -0.05) is 31.2 Å². The zero-order valence-corrected chi connectivity index (χ0v) is 17.2. The highest BCUT2D eigenvalue weighted by atomic mass is 32.1. The summed E-state index contributed by atoms with van der Waals surface area (Å²) >= 11 is 1.36. The number of H-pyrrole nitrogens is 1. The highest BCUT2D eigenvalue weighted by Crippen LogP contribution is 2.31. The molecule has 0 bridgehead atoms. The van der Waals surface area contributed by atoms with Crippen LogP contribution in [0.2, 0.25) is 0 Å². The maximum absolute atomic E-state index is 13.2. The molecule has 0 aliphatic carbocycles. The molecule has 1 aliphatic rings. The first kappa shape index (κ1) is 18.6. The largest absolute Gasteiger partial charge is 0.361 e. The number of hydrogen-bond donors (Lipinski definition) is 2. The van der Waals surface area contributed by atoms with Crippen molar-refractivity contribution < 1.29 is 9.59 Å². The van der Waals surface area contributed by atoms with E-state index in [-0.39, 0.29) is 11.8 Å². The number of anilines is 1. The minimum atomic E-state index is -0.535. The molecule has 2 aromatic heterocycles. The van der Waals surface area contributed by atoms with Crippen LogP contribution in [0.15, 0.2) is 60.2 Å². The number of nitrogens with zero attached hydrogens (tertiary/aromatic N) is 2. The van der Waals surface area contributed by atoms with Crippen LogP contribution < -0.4 is 5.32 Å². The van der Waals surface area contributed by atoms with Crippen molar-refractivity contribution in [3.05, 3.63) is 71.4 Å². The van der Waals surface area contributed by atoms with Gasteiger partial charge >= 0.3 is 0 Å². The van der Waals surface area contributed by atoms with Crippen molar-refractivity contribution in [2.45, 2.75) is 25.9 Å². The molecular weight excluding hydrogens is 396 g/mol. The van der Waals surface area contributed by atoms with Crippen LogP contribution >= 0.6 is 11.3 Å². The molecular formula is C23H20N4O2S. The van der Waals surface area contributed by atoms with Gasteiger partial charge in [0.25, 0.3) is 5.91 Å². The minimum absolute atomic E-state index is 0.103. The van der Waals surface area contributed by atoms with Gasteiger partial charge in [0, 0.05) is 35.4 Å². The number of fused-ring (bicyclic) bond motifs is 2. The number of carbonyl (C=O) groups is 2. The molecule has 0 spiro atoms. The van der Waals surface area contributed by atoms with E-state index in [1.807, 2.05) is 37.4 Å². The first-order valence-electron chi connectivity index (χ1n) is 9.86. The van der Waals surface area contributed by atoms with Crippen LogP contribution in [0.25, 0.3) is 22.0 Å². The molecule has 7 heteroatoms. The van der Waals surface area contributed by atoms with Crippen molar-refractivity contribution in [1.82, 2.24) is 14.9 Å². The Morgan fingerprint density at radius 2 is 2.07 bits per heavy atom. The number of rotatable bonds is 5. The van der Waals surface area contributed by atoms with Gasteiger partial charge in [-0.15, -0.1) is 11.3 Å². The number of amides is 2. The monoisotopic (exact) mass is 416 g/mol. The van der Waals surface area contributed by atoms with Crippen LogP contribution in [-0.4, -0.2) is 32.7 Å². The topological polar surface area (TPSA) is 78.1 Å². The van der Waals surface area contributed by atoms with Crippen molar-refractivity contribution in [2.75, 3.05) is 5.32 Å². The Morgan fingerprint density at radius 3 is 2.87 bits per heavy atom. The van der Waals surface area contributed by atoms with Crippen molar-refractivity contribution in [1.29, 1.82) is 0 Å². The second-order valence-electron chi connectivity index (χ2n) is 7.34. The summed E-state index contributed by atoms with van der Waals surface area (Å²) in [5.41, 5.74) is 4.71. The van der Waals surface area contributed by atoms with E-state index in [1.54, 1.807) is 16.5 Å². The molecule has 0 saturated carbocycles. The van der Waals surface area contributed by atoms with Gasteiger partial charge in [0.15, 0.2) is 5.13 Å². The average Bonchev–Trinajstić information content (AvgIpc) is 3.49. The fourth-order valence-corrected chi connectivity index (χ4v) is 4.54. The molecule has 2 N–H and O–H groups in total. The van der Waals surface area contributed by atoms with Crippen molar-refractivity contribution in [2.24, 2.45) is 0 Å². The average molecular weight is 417 g/mol. The number of thiazole rings is 1. The zero-order chi connectivity index (χ0) is 20.7. The Kier molecular flexibility index (Phi) is 4.59. The maximum Gasteiger partial charge on any atom is 0.255 e. The number of hydrogen-bond acceptors (Lipinski definition) is 4. The fraction of sp³-hybridized carbons (Fsp3) is 0.174. The van der Waals surface area contributed by atoms with Crippen LogP contribution in [0.4, 0.5) is 5.13 Å². The van der Waals surface area contributed by atoms with Gasteiger partial charge < -0.3 is 15.2 Å². The van der Waals surface area contributed by atoms with E-state index in [0.29, 0.717) is 23.7 Å². The number of benzene rings is 2. The molecule has 2 amide bonds. The third kappa shape index (κ3) is 3.17. The van der Waals surface area contributed by atoms with Crippen LogP contribution in [0.3, 0.4) is 0 Å². The van der Waals surface area contributed by atoms with Crippen molar-refractivity contribution in [3.63, 3.8) is 0 Å². The molecule has 1 aliphatic heterocycles.